The van der Waals surface area contributed by atoms with Gasteiger partial charge in [-0.05, 0) is 61.4 Å². The van der Waals surface area contributed by atoms with Crippen LogP contribution in [0.3, 0.4) is 0 Å². The lowest BCUT2D eigenvalue weighted by molar-refractivity contribution is -0.115. The number of fused-ring (bicyclic) bond motifs is 1. The van der Waals surface area contributed by atoms with Crippen LogP contribution in [0.5, 0.6) is 5.75 Å². The molecule has 1 aliphatic rings. The standard InChI is InChI=1S/C17H18N2O4S/c1-3-23-16-7-5-14(8-11(16)2)24(21,22)19-13-4-6-15-12(9-13)10-17(20)18-15/h4-9,19H,3,10H2,1-2H3,(H,18,20). The summed E-state index contributed by atoms with van der Waals surface area (Å²) >= 11 is 0. The van der Waals surface area contributed by atoms with Crippen molar-refractivity contribution in [3.05, 3.63) is 47.5 Å². The molecule has 1 amide bonds. The number of benzene rings is 2. The molecular formula is C17H18N2O4S. The van der Waals surface area contributed by atoms with Gasteiger partial charge in [-0.15, -0.1) is 0 Å². The molecule has 0 bridgehead atoms. The Bertz CT molecular complexity index is 907. The second-order valence-electron chi connectivity index (χ2n) is 5.56. The highest BCUT2D eigenvalue weighted by atomic mass is 32.2. The Labute approximate surface area is 140 Å². The zero-order valence-corrected chi connectivity index (χ0v) is 14.2. The fourth-order valence-electron chi connectivity index (χ4n) is 2.61. The Kier molecular flexibility index (Phi) is 4.19. The predicted octanol–water partition coefficient (Wildman–Crippen LogP) is 2.69. The van der Waals surface area contributed by atoms with Crippen molar-refractivity contribution in [2.24, 2.45) is 0 Å². The fraction of sp³-hybridized carbons (Fsp3) is 0.235. The topological polar surface area (TPSA) is 84.5 Å². The van der Waals surface area contributed by atoms with Crippen molar-refractivity contribution in [3.8, 4) is 5.75 Å². The monoisotopic (exact) mass is 346 g/mol. The van der Waals surface area contributed by atoms with E-state index in [9.17, 15) is 13.2 Å². The largest absolute Gasteiger partial charge is 0.494 e. The Balaban J connectivity index is 1.85. The Morgan fingerprint density at radius 1 is 1.21 bits per heavy atom. The number of amides is 1. The Morgan fingerprint density at radius 3 is 2.71 bits per heavy atom. The van der Waals surface area contributed by atoms with Crippen LogP contribution in [0.2, 0.25) is 0 Å². The van der Waals surface area contributed by atoms with Gasteiger partial charge in [0.25, 0.3) is 10.0 Å². The average Bonchev–Trinajstić information content (AvgIpc) is 2.88. The molecular weight excluding hydrogens is 328 g/mol. The van der Waals surface area contributed by atoms with Crippen molar-refractivity contribution in [1.82, 2.24) is 0 Å². The molecule has 0 spiro atoms. The van der Waals surface area contributed by atoms with Crippen molar-refractivity contribution in [2.75, 3.05) is 16.6 Å². The van der Waals surface area contributed by atoms with Gasteiger partial charge in [-0.1, -0.05) is 0 Å². The SMILES string of the molecule is CCOc1ccc(S(=O)(=O)Nc2ccc3c(c2)CC(=O)N3)cc1C. The summed E-state index contributed by atoms with van der Waals surface area (Å²) in [6, 6.07) is 9.74. The van der Waals surface area contributed by atoms with Crippen molar-refractivity contribution < 1.29 is 17.9 Å². The minimum absolute atomic E-state index is 0.0906. The highest BCUT2D eigenvalue weighted by Gasteiger charge is 2.20. The summed E-state index contributed by atoms with van der Waals surface area (Å²) < 4.78 is 33.1. The number of sulfonamides is 1. The Hall–Kier alpha value is -2.54. The van der Waals surface area contributed by atoms with Gasteiger partial charge in [0.05, 0.1) is 17.9 Å². The molecule has 7 heteroatoms. The maximum Gasteiger partial charge on any atom is 0.261 e. The van der Waals surface area contributed by atoms with E-state index in [1.165, 1.54) is 6.07 Å². The van der Waals surface area contributed by atoms with E-state index in [1.54, 1.807) is 37.3 Å². The normalized spacial score (nSPS) is 13.3. The van der Waals surface area contributed by atoms with Crippen LogP contribution >= 0.6 is 0 Å². The van der Waals surface area contributed by atoms with Gasteiger partial charge in [-0.2, -0.15) is 0 Å². The zero-order valence-electron chi connectivity index (χ0n) is 13.4. The van der Waals surface area contributed by atoms with Crippen molar-refractivity contribution >= 4 is 27.3 Å². The first-order valence-electron chi connectivity index (χ1n) is 7.58. The maximum absolute atomic E-state index is 12.6. The first-order valence-corrected chi connectivity index (χ1v) is 9.06. The second-order valence-corrected chi connectivity index (χ2v) is 7.25. The van der Waals surface area contributed by atoms with Crippen molar-refractivity contribution in [2.45, 2.75) is 25.2 Å². The van der Waals surface area contributed by atoms with Gasteiger partial charge >= 0.3 is 0 Å². The third-order valence-corrected chi connectivity index (χ3v) is 5.12. The molecule has 2 aromatic carbocycles. The number of aryl methyl sites for hydroxylation is 1. The highest BCUT2D eigenvalue weighted by Crippen LogP contribution is 2.28. The molecule has 126 valence electrons. The lowest BCUT2D eigenvalue weighted by atomic mass is 10.1. The van der Waals surface area contributed by atoms with Crippen LogP contribution in [-0.4, -0.2) is 20.9 Å². The smallest absolute Gasteiger partial charge is 0.261 e. The molecule has 0 unspecified atom stereocenters. The van der Waals surface area contributed by atoms with Gasteiger partial charge in [0.1, 0.15) is 5.75 Å². The van der Waals surface area contributed by atoms with Gasteiger partial charge < -0.3 is 10.1 Å². The molecule has 0 saturated carbocycles. The van der Waals surface area contributed by atoms with Crippen LogP contribution in [0.1, 0.15) is 18.1 Å². The van der Waals surface area contributed by atoms with Crippen LogP contribution < -0.4 is 14.8 Å². The van der Waals surface area contributed by atoms with Crippen LogP contribution in [0, 0.1) is 6.92 Å². The van der Waals surface area contributed by atoms with E-state index in [1.807, 2.05) is 6.92 Å². The summed E-state index contributed by atoms with van der Waals surface area (Å²) in [6.07, 6.45) is 0.257. The summed E-state index contributed by atoms with van der Waals surface area (Å²) in [6.45, 7) is 4.20. The Morgan fingerprint density at radius 2 is 2.00 bits per heavy atom. The molecule has 6 nitrogen and oxygen atoms in total. The van der Waals surface area contributed by atoms with Crippen molar-refractivity contribution in [1.29, 1.82) is 0 Å². The number of carbonyl (C=O) groups excluding carboxylic acids is 1. The van der Waals surface area contributed by atoms with E-state index in [-0.39, 0.29) is 17.2 Å². The number of hydrogen-bond acceptors (Lipinski definition) is 4. The number of rotatable bonds is 5. The van der Waals surface area contributed by atoms with Crippen LogP contribution in [0.25, 0.3) is 0 Å². The molecule has 0 saturated heterocycles. The van der Waals surface area contributed by atoms with Crippen molar-refractivity contribution in [3.63, 3.8) is 0 Å². The van der Waals surface area contributed by atoms with E-state index in [4.69, 9.17) is 4.74 Å². The second kappa shape index (κ2) is 6.16. The highest BCUT2D eigenvalue weighted by molar-refractivity contribution is 7.92. The lowest BCUT2D eigenvalue weighted by Crippen LogP contribution is -2.13. The molecule has 1 aliphatic heterocycles. The minimum atomic E-state index is -3.71. The van der Waals surface area contributed by atoms with E-state index in [0.29, 0.717) is 18.0 Å². The summed E-state index contributed by atoms with van der Waals surface area (Å²) in [5.41, 5.74) is 2.68. The molecule has 2 aromatic rings. The van der Waals surface area contributed by atoms with E-state index in [0.717, 1.165) is 16.8 Å². The van der Waals surface area contributed by atoms with E-state index < -0.39 is 10.0 Å². The van der Waals surface area contributed by atoms with Gasteiger partial charge in [0.15, 0.2) is 0 Å². The van der Waals surface area contributed by atoms with Gasteiger partial charge in [-0.25, -0.2) is 8.42 Å². The van der Waals surface area contributed by atoms with Crippen LogP contribution in [-0.2, 0) is 21.2 Å². The van der Waals surface area contributed by atoms with E-state index >= 15 is 0 Å². The first kappa shape index (κ1) is 16.3. The molecule has 0 aliphatic carbocycles. The quantitative estimate of drug-likeness (QED) is 0.872. The summed E-state index contributed by atoms with van der Waals surface area (Å²) in [5, 5.41) is 2.71. The molecule has 0 fully saturated rings. The number of hydrogen-bond donors (Lipinski definition) is 2. The molecule has 0 radical (unpaired) electrons. The van der Waals surface area contributed by atoms with Gasteiger partial charge in [0.2, 0.25) is 5.91 Å². The van der Waals surface area contributed by atoms with E-state index in [2.05, 4.69) is 10.0 Å². The summed E-state index contributed by atoms with van der Waals surface area (Å²) in [7, 11) is -3.71. The van der Waals surface area contributed by atoms with Gasteiger partial charge in [0, 0.05) is 11.4 Å². The summed E-state index contributed by atoms with van der Waals surface area (Å²) in [5.74, 6) is 0.575. The fourth-order valence-corrected chi connectivity index (χ4v) is 3.75. The maximum atomic E-state index is 12.6. The molecule has 0 atom stereocenters. The number of anilines is 2. The molecule has 3 rings (SSSR count). The number of nitrogens with one attached hydrogen (secondary N) is 2. The van der Waals surface area contributed by atoms with Crippen LogP contribution in [0.15, 0.2) is 41.3 Å². The molecule has 24 heavy (non-hydrogen) atoms. The predicted molar refractivity (Wildman–Crippen MR) is 91.9 cm³/mol. The molecule has 0 aromatic heterocycles. The van der Waals surface area contributed by atoms with Crippen LogP contribution in [0.4, 0.5) is 11.4 Å². The molecule has 2 N–H and O–H groups in total. The number of ether oxygens (including phenoxy) is 1. The summed E-state index contributed by atoms with van der Waals surface area (Å²) in [4.78, 5) is 11.5. The third-order valence-electron chi connectivity index (χ3n) is 3.74. The first-order chi connectivity index (χ1) is 11.4. The average molecular weight is 346 g/mol. The minimum Gasteiger partial charge on any atom is -0.494 e. The molecule has 1 heterocycles. The van der Waals surface area contributed by atoms with Gasteiger partial charge in [-0.3, -0.25) is 9.52 Å². The zero-order chi connectivity index (χ0) is 17.3. The number of carbonyl (C=O) groups is 1. The third kappa shape index (κ3) is 3.21. The lowest BCUT2D eigenvalue weighted by Gasteiger charge is -2.12.